The third kappa shape index (κ3) is 11.1. The molecule has 0 fully saturated rings. The number of halogens is 2. The van der Waals surface area contributed by atoms with Gasteiger partial charge >= 0.3 is 53.6 Å². The molecule has 7 heavy (non-hydrogen) atoms. The molecule has 0 atom stereocenters. The van der Waals surface area contributed by atoms with Gasteiger partial charge in [-0.15, -0.1) is 17.0 Å². The summed E-state index contributed by atoms with van der Waals surface area (Å²) in [5.41, 5.74) is 0. The molecule has 0 rings (SSSR count). The predicted molar refractivity (Wildman–Crippen MR) is 35.1 cm³/mol. The van der Waals surface area contributed by atoms with E-state index in [9.17, 15) is 0 Å². The molecule has 0 aromatic heterocycles. The van der Waals surface area contributed by atoms with Gasteiger partial charge in [0, 0.05) is 0 Å². The molecule has 0 aromatic carbocycles. The summed E-state index contributed by atoms with van der Waals surface area (Å²) >= 11 is 6.82. The first-order valence-electron chi connectivity index (χ1n) is 2.27. The van der Waals surface area contributed by atoms with Crippen LogP contribution in [0.2, 0.25) is 5.02 Å². The molecule has 0 aromatic rings. The van der Waals surface area contributed by atoms with Crippen molar-refractivity contribution in [3.63, 3.8) is 0 Å². The van der Waals surface area contributed by atoms with E-state index in [1.165, 1.54) is 36.2 Å². The van der Waals surface area contributed by atoms with Crippen molar-refractivity contribution in [2.75, 3.05) is 5.88 Å². The van der Waals surface area contributed by atoms with Gasteiger partial charge < -0.3 is 0 Å². The second-order valence-electron chi connectivity index (χ2n) is 1.25. The Morgan fingerprint density at radius 1 is 1.29 bits per heavy atom. The van der Waals surface area contributed by atoms with Crippen LogP contribution < -0.4 is 0 Å². The van der Waals surface area contributed by atoms with E-state index in [4.69, 9.17) is 11.6 Å². The molecule has 0 unspecified atom stereocenters. The third-order valence-electron chi connectivity index (χ3n) is 0.634. The van der Waals surface area contributed by atoms with E-state index >= 15 is 0 Å². The van der Waals surface area contributed by atoms with Crippen LogP contribution in [0, 0.1) is 0 Å². The van der Waals surface area contributed by atoms with Crippen LogP contribution in [0.4, 0.5) is 0 Å². The molecule has 0 aliphatic rings. The Bertz CT molecular complexity index is 23.7. The second kappa shape index (κ2) is 10.4. The van der Waals surface area contributed by atoms with Gasteiger partial charge in [-0.3, -0.25) is 0 Å². The molecule has 0 saturated carbocycles. The zero-order valence-corrected chi connectivity index (χ0v) is 9.76. The van der Waals surface area contributed by atoms with Crippen LogP contribution in [0.3, 0.4) is 0 Å². The molecular weight excluding hydrogens is 229 g/mol. The average Bonchev–Trinajstić information content (AvgIpc) is 1.61. The first-order valence-corrected chi connectivity index (χ1v) is 4.90. The first-order chi connectivity index (χ1) is 2.91. The minimum absolute atomic E-state index is 0. The molecular formula is C4H9BrClZn. The number of unbranched alkanes of at least 4 members (excludes halogenated alkanes) is 1. The molecule has 0 amide bonds. The van der Waals surface area contributed by atoms with Gasteiger partial charge in [0.05, 0.1) is 0 Å². The van der Waals surface area contributed by atoms with Crippen LogP contribution in [0.15, 0.2) is 0 Å². The summed E-state index contributed by atoms with van der Waals surface area (Å²) in [7, 11) is 0. The quantitative estimate of drug-likeness (QED) is 0.402. The minimum atomic E-state index is 0. The first kappa shape index (κ1) is 11.2. The van der Waals surface area contributed by atoms with Gasteiger partial charge in [-0.2, -0.15) is 0 Å². The average molecular weight is 238 g/mol. The van der Waals surface area contributed by atoms with Crippen LogP contribution in [-0.4, -0.2) is 5.88 Å². The summed E-state index contributed by atoms with van der Waals surface area (Å²) in [4.78, 5) is 0. The van der Waals surface area contributed by atoms with Gasteiger partial charge in [0.2, 0.25) is 0 Å². The summed E-state index contributed by atoms with van der Waals surface area (Å²) in [5.74, 6) is 0.847. The van der Waals surface area contributed by atoms with Crippen LogP contribution in [-0.2, 0) is 18.3 Å². The molecule has 41 valence electrons. The monoisotopic (exact) mass is 235 g/mol. The summed E-state index contributed by atoms with van der Waals surface area (Å²) in [5, 5.41) is 1.40. The molecule has 0 spiro atoms. The predicted octanol–water partition coefficient (Wildman–Crippen LogP) is 2.55. The molecule has 0 N–H and O–H groups in total. The normalized spacial score (nSPS) is 7.86. The Morgan fingerprint density at radius 3 is 2.00 bits per heavy atom. The number of hydrogen-bond donors (Lipinski definition) is 0. The van der Waals surface area contributed by atoms with E-state index < -0.39 is 0 Å². The molecule has 0 heterocycles. The zero-order valence-electron chi connectivity index (χ0n) is 4.32. The Balaban J connectivity index is 0. The maximum atomic E-state index is 5.39. The van der Waals surface area contributed by atoms with Gasteiger partial charge in [0.1, 0.15) is 0 Å². The van der Waals surface area contributed by atoms with Crippen molar-refractivity contribution < 1.29 is 18.3 Å². The SMILES string of the molecule is Br.ClCCC[CH2][Zn]. The summed E-state index contributed by atoms with van der Waals surface area (Å²) in [6, 6.07) is 0. The number of hydrogen-bond acceptors (Lipinski definition) is 0. The summed E-state index contributed by atoms with van der Waals surface area (Å²) in [6.45, 7) is 0. The third-order valence-corrected chi connectivity index (χ3v) is 1.95. The molecule has 0 nitrogen and oxygen atoms in total. The molecule has 0 radical (unpaired) electrons. The maximum absolute atomic E-state index is 5.39. The summed E-state index contributed by atoms with van der Waals surface area (Å²) < 4.78 is 0. The van der Waals surface area contributed by atoms with Crippen LogP contribution in [0.1, 0.15) is 12.8 Å². The fourth-order valence-electron chi connectivity index (χ4n) is 0.271. The Labute approximate surface area is 70.4 Å². The van der Waals surface area contributed by atoms with Crippen molar-refractivity contribution in [1.29, 1.82) is 0 Å². The molecule has 0 aliphatic heterocycles. The van der Waals surface area contributed by atoms with Crippen molar-refractivity contribution in [2.45, 2.75) is 17.9 Å². The van der Waals surface area contributed by atoms with E-state index in [1.807, 2.05) is 0 Å². The zero-order chi connectivity index (χ0) is 4.83. The van der Waals surface area contributed by atoms with Gasteiger partial charge in [-0.1, -0.05) is 0 Å². The van der Waals surface area contributed by atoms with E-state index in [1.54, 1.807) is 0 Å². The fourth-order valence-corrected chi connectivity index (χ4v) is 1.20. The van der Waals surface area contributed by atoms with E-state index in [-0.39, 0.29) is 17.0 Å². The Hall–Kier alpha value is 1.39. The van der Waals surface area contributed by atoms with Crippen molar-refractivity contribution in [3.05, 3.63) is 0 Å². The van der Waals surface area contributed by atoms with Gasteiger partial charge in [0.15, 0.2) is 0 Å². The van der Waals surface area contributed by atoms with E-state index in [2.05, 4.69) is 0 Å². The number of rotatable bonds is 3. The van der Waals surface area contributed by atoms with Crippen LogP contribution in [0.5, 0.6) is 0 Å². The second-order valence-corrected chi connectivity index (χ2v) is 3.11. The van der Waals surface area contributed by atoms with Crippen molar-refractivity contribution in [1.82, 2.24) is 0 Å². The molecule has 0 aliphatic carbocycles. The summed E-state index contributed by atoms with van der Waals surface area (Å²) in [6.07, 6.45) is 2.55. The molecule has 3 heteroatoms. The van der Waals surface area contributed by atoms with Crippen LogP contribution in [0.25, 0.3) is 0 Å². The van der Waals surface area contributed by atoms with Gasteiger partial charge in [0.25, 0.3) is 0 Å². The van der Waals surface area contributed by atoms with Gasteiger partial charge in [-0.05, 0) is 0 Å². The van der Waals surface area contributed by atoms with Crippen molar-refractivity contribution in [2.24, 2.45) is 0 Å². The molecule has 0 bridgehead atoms. The fraction of sp³-hybridized carbons (Fsp3) is 1.00. The van der Waals surface area contributed by atoms with E-state index in [0.29, 0.717) is 0 Å². The standard InChI is InChI=1S/C4H8Cl.BrH.Zn/c1-2-3-4-5;;/h1-4H2;1H;. The van der Waals surface area contributed by atoms with Gasteiger partial charge in [-0.25, -0.2) is 0 Å². The van der Waals surface area contributed by atoms with E-state index in [0.717, 1.165) is 5.88 Å². The van der Waals surface area contributed by atoms with Crippen molar-refractivity contribution in [3.8, 4) is 0 Å². The Kier molecular flexibility index (Phi) is 16.7. The number of alkyl halides is 1. The topological polar surface area (TPSA) is 0 Å². The van der Waals surface area contributed by atoms with Crippen molar-refractivity contribution >= 4 is 28.6 Å². The molecule has 0 saturated heterocycles. The van der Waals surface area contributed by atoms with Crippen LogP contribution >= 0.6 is 28.6 Å². The Morgan fingerprint density at radius 2 is 1.86 bits per heavy atom.